The van der Waals surface area contributed by atoms with Gasteiger partial charge in [0.15, 0.2) is 5.16 Å². The summed E-state index contributed by atoms with van der Waals surface area (Å²) in [4.78, 5) is 33.0. The first-order chi connectivity index (χ1) is 13.9. The number of aliphatic carboxylic acids is 1. The van der Waals surface area contributed by atoms with Gasteiger partial charge in [0.2, 0.25) is 0 Å². The number of carbonyl (C=O) groups is 1. The zero-order chi connectivity index (χ0) is 20.7. The van der Waals surface area contributed by atoms with E-state index in [-0.39, 0.29) is 5.56 Å². The number of carboxylic acids is 1. The van der Waals surface area contributed by atoms with Crippen molar-refractivity contribution < 1.29 is 9.90 Å². The Morgan fingerprint density at radius 1 is 1.21 bits per heavy atom. The number of carboxylic acid groups (broad SMARTS) is 1. The van der Waals surface area contributed by atoms with Gasteiger partial charge in [-0.3, -0.25) is 9.36 Å². The molecule has 4 rings (SSSR count). The van der Waals surface area contributed by atoms with Crippen molar-refractivity contribution in [1.29, 1.82) is 0 Å². The van der Waals surface area contributed by atoms with Gasteiger partial charge in [-0.15, -0.1) is 0 Å². The molecule has 2 heterocycles. The fourth-order valence-corrected chi connectivity index (χ4v) is 4.39. The molecule has 0 saturated carbocycles. The van der Waals surface area contributed by atoms with Crippen molar-refractivity contribution in [2.75, 3.05) is 0 Å². The molecule has 148 valence electrons. The van der Waals surface area contributed by atoms with E-state index in [0.29, 0.717) is 28.3 Å². The van der Waals surface area contributed by atoms with Gasteiger partial charge in [-0.25, -0.2) is 4.98 Å². The van der Waals surface area contributed by atoms with Gasteiger partial charge in [-0.1, -0.05) is 49.0 Å². The van der Waals surface area contributed by atoms with E-state index in [1.54, 1.807) is 6.92 Å². The maximum absolute atomic E-state index is 13.5. The summed E-state index contributed by atoms with van der Waals surface area (Å²) >= 11 is 1.05. The highest BCUT2D eigenvalue weighted by atomic mass is 32.2. The highest BCUT2D eigenvalue weighted by Crippen LogP contribution is 2.30. The van der Waals surface area contributed by atoms with Gasteiger partial charge in [0.25, 0.3) is 5.56 Å². The van der Waals surface area contributed by atoms with Crippen molar-refractivity contribution in [2.24, 2.45) is 0 Å². The lowest BCUT2D eigenvalue weighted by Crippen LogP contribution is -2.34. The minimum absolute atomic E-state index is 0.254. The molecule has 0 aliphatic rings. The van der Waals surface area contributed by atoms with Crippen LogP contribution >= 0.6 is 11.8 Å². The quantitative estimate of drug-likeness (QED) is 0.406. The van der Waals surface area contributed by atoms with Gasteiger partial charge in [0.05, 0.1) is 16.9 Å². The number of hydrogen-bond acceptors (Lipinski definition) is 5. The van der Waals surface area contributed by atoms with Crippen molar-refractivity contribution in [3.05, 3.63) is 63.9 Å². The first-order valence-electron chi connectivity index (χ1n) is 9.40. The predicted octanol–water partition coefficient (Wildman–Crippen LogP) is 3.10. The molecule has 0 spiro atoms. The summed E-state index contributed by atoms with van der Waals surface area (Å²) in [6.45, 7) is 5.69. The molecular weight excluding hydrogens is 386 g/mol. The molecule has 6 nitrogen and oxygen atoms in total. The molecule has 4 aromatic rings. The zero-order valence-electron chi connectivity index (χ0n) is 16.4. The highest BCUT2D eigenvalue weighted by molar-refractivity contribution is 8.00. The van der Waals surface area contributed by atoms with Crippen LogP contribution < -0.4 is 10.7 Å². The Hall–Kier alpha value is -3.06. The first kappa shape index (κ1) is 19.3. The number of para-hydroxylation sites is 1. The molecule has 7 heteroatoms. The average Bonchev–Trinajstić information content (AvgIpc) is 3.08. The Labute approximate surface area is 171 Å². The lowest BCUT2D eigenvalue weighted by molar-refractivity contribution is -0.304. The number of fused-ring (bicyclic) bond motifs is 3. The summed E-state index contributed by atoms with van der Waals surface area (Å²) in [6, 6.07) is 13.3. The van der Waals surface area contributed by atoms with E-state index >= 15 is 0 Å². The van der Waals surface area contributed by atoms with Crippen LogP contribution in [-0.2, 0) is 4.79 Å². The van der Waals surface area contributed by atoms with Gasteiger partial charge in [0, 0.05) is 10.9 Å². The molecule has 0 bridgehead atoms. The van der Waals surface area contributed by atoms with Crippen LogP contribution in [0.1, 0.15) is 24.5 Å². The minimum atomic E-state index is -1.17. The summed E-state index contributed by atoms with van der Waals surface area (Å²) < 4.78 is 1.51. The molecule has 1 N–H and O–H groups in total. The molecular formula is C22H20N3O3S-. The fraction of sp³-hybridized carbons (Fsp3) is 0.227. The second kappa shape index (κ2) is 7.40. The first-order valence-corrected chi connectivity index (χ1v) is 10.3. The van der Waals surface area contributed by atoms with E-state index < -0.39 is 11.2 Å². The van der Waals surface area contributed by atoms with E-state index in [2.05, 4.69) is 4.98 Å². The number of aromatic nitrogens is 3. The van der Waals surface area contributed by atoms with Crippen molar-refractivity contribution >= 4 is 39.7 Å². The third-order valence-corrected chi connectivity index (χ3v) is 6.49. The monoisotopic (exact) mass is 406 g/mol. The average molecular weight is 406 g/mol. The summed E-state index contributed by atoms with van der Waals surface area (Å²) in [5, 5.41) is 11.9. The van der Waals surface area contributed by atoms with E-state index in [1.807, 2.05) is 56.3 Å². The second-order valence-corrected chi connectivity index (χ2v) is 8.15. The predicted molar refractivity (Wildman–Crippen MR) is 114 cm³/mol. The molecule has 0 fully saturated rings. The summed E-state index contributed by atoms with van der Waals surface area (Å²) in [5.74, 6) is -1.17. The SMILES string of the molecule is CC[C@@H](Sc1nc2c([nH]c3ccccc32)c(=O)n1-c1cccc(C)c1C)C(=O)[O-]. The third kappa shape index (κ3) is 3.21. The van der Waals surface area contributed by atoms with Gasteiger partial charge < -0.3 is 14.9 Å². The number of carbonyl (C=O) groups excluding carboxylic acids is 1. The maximum atomic E-state index is 13.5. The Bertz CT molecular complexity index is 1310. The Morgan fingerprint density at radius 2 is 1.97 bits per heavy atom. The summed E-state index contributed by atoms with van der Waals surface area (Å²) in [7, 11) is 0. The van der Waals surface area contributed by atoms with Crippen LogP contribution in [0.4, 0.5) is 0 Å². The van der Waals surface area contributed by atoms with Crippen molar-refractivity contribution in [3.63, 3.8) is 0 Å². The molecule has 1 atom stereocenters. The number of nitrogens with zero attached hydrogens (tertiary/aromatic N) is 2. The number of aromatic amines is 1. The normalized spacial score (nSPS) is 12.5. The number of benzene rings is 2. The number of thioether (sulfide) groups is 1. The number of nitrogens with one attached hydrogen (secondary N) is 1. The summed E-state index contributed by atoms with van der Waals surface area (Å²) in [6.07, 6.45) is 0.363. The minimum Gasteiger partial charge on any atom is -0.549 e. The fourth-order valence-electron chi connectivity index (χ4n) is 3.44. The van der Waals surface area contributed by atoms with Crippen LogP contribution in [0.3, 0.4) is 0 Å². The van der Waals surface area contributed by atoms with Gasteiger partial charge in [0.1, 0.15) is 11.0 Å². The van der Waals surface area contributed by atoms with E-state index in [0.717, 1.165) is 33.8 Å². The Morgan fingerprint density at radius 3 is 2.69 bits per heavy atom. The van der Waals surface area contributed by atoms with E-state index in [4.69, 9.17) is 4.98 Å². The van der Waals surface area contributed by atoms with Crippen LogP contribution in [0.15, 0.2) is 52.4 Å². The maximum Gasteiger partial charge on any atom is 0.283 e. The molecule has 0 amide bonds. The Kier molecular flexibility index (Phi) is 4.92. The Balaban J connectivity index is 2.08. The topological polar surface area (TPSA) is 90.8 Å². The molecule has 0 unspecified atom stereocenters. The number of aryl methyl sites for hydroxylation is 1. The van der Waals surface area contributed by atoms with E-state index in [1.165, 1.54) is 4.57 Å². The molecule has 29 heavy (non-hydrogen) atoms. The van der Waals surface area contributed by atoms with Crippen molar-refractivity contribution in [2.45, 2.75) is 37.6 Å². The molecule has 2 aromatic heterocycles. The van der Waals surface area contributed by atoms with Crippen molar-refractivity contribution in [1.82, 2.24) is 14.5 Å². The lowest BCUT2D eigenvalue weighted by Gasteiger charge is -2.19. The second-order valence-electron chi connectivity index (χ2n) is 6.98. The molecule has 0 aliphatic carbocycles. The zero-order valence-corrected chi connectivity index (χ0v) is 17.2. The molecule has 0 aliphatic heterocycles. The van der Waals surface area contributed by atoms with Crippen LogP contribution in [0.25, 0.3) is 27.6 Å². The van der Waals surface area contributed by atoms with Crippen LogP contribution in [0.2, 0.25) is 0 Å². The third-order valence-electron chi connectivity index (χ3n) is 5.19. The largest absolute Gasteiger partial charge is 0.549 e. The molecule has 0 radical (unpaired) electrons. The smallest absolute Gasteiger partial charge is 0.283 e. The number of rotatable bonds is 5. The van der Waals surface area contributed by atoms with Crippen LogP contribution in [-0.4, -0.2) is 25.8 Å². The van der Waals surface area contributed by atoms with Crippen molar-refractivity contribution in [3.8, 4) is 5.69 Å². The van der Waals surface area contributed by atoms with Crippen LogP contribution in [0.5, 0.6) is 0 Å². The highest BCUT2D eigenvalue weighted by Gasteiger charge is 2.21. The number of H-pyrrole nitrogens is 1. The molecule has 0 saturated heterocycles. The molecule has 2 aromatic carbocycles. The standard InChI is InChI=1S/C22H21N3O3S/c1-4-17(21(27)28)29-22-24-18-14-9-5-6-10-15(14)23-19(18)20(26)25(22)16-11-7-8-12(2)13(16)3/h5-11,17,23H,4H2,1-3H3,(H,27,28)/p-1/t17-/m1/s1. The van der Waals surface area contributed by atoms with E-state index in [9.17, 15) is 14.7 Å². The van der Waals surface area contributed by atoms with Gasteiger partial charge >= 0.3 is 0 Å². The summed E-state index contributed by atoms with van der Waals surface area (Å²) in [5.41, 5.74) is 4.17. The lowest BCUT2D eigenvalue weighted by atomic mass is 10.1. The number of hydrogen-bond donors (Lipinski definition) is 1. The van der Waals surface area contributed by atoms with Gasteiger partial charge in [-0.2, -0.15) is 0 Å². The van der Waals surface area contributed by atoms with Crippen LogP contribution in [0, 0.1) is 13.8 Å². The van der Waals surface area contributed by atoms with Gasteiger partial charge in [-0.05, 0) is 43.5 Å².